The molecule has 2 heterocycles. The number of hydrogen-bond donors (Lipinski definition) is 1. The second-order valence-corrected chi connectivity index (χ2v) is 6.94. The standard InChI is InChI=1S/C16H19NS/c1-11-4-6-12(7-5-11)14-8-13-15(18-14)9-17-10-16(13,2)3/h4-8,17H,9-10H2,1-3H3. The van der Waals surface area contributed by atoms with Gasteiger partial charge in [0.25, 0.3) is 0 Å². The Hall–Kier alpha value is -1.12. The molecular weight excluding hydrogens is 238 g/mol. The molecular formula is C16H19NS. The number of hydrogen-bond acceptors (Lipinski definition) is 2. The zero-order chi connectivity index (χ0) is 12.8. The quantitative estimate of drug-likeness (QED) is 0.811. The van der Waals surface area contributed by atoms with E-state index >= 15 is 0 Å². The van der Waals surface area contributed by atoms with Crippen LogP contribution in [-0.4, -0.2) is 6.54 Å². The van der Waals surface area contributed by atoms with E-state index in [1.165, 1.54) is 26.4 Å². The predicted molar refractivity (Wildman–Crippen MR) is 79.2 cm³/mol. The summed E-state index contributed by atoms with van der Waals surface area (Å²) in [6.45, 7) is 8.88. The molecule has 18 heavy (non-hydrogen) atoms. The summed E-state index contributed by atoms with van der Waals surface area (Å²) in [7, 11) is 0. The highest BCUT2D eigenvalue weighted by Crippen LogP contribution is 2.39. The van der Waals surface area contributed by atoms with Gasteiger partial charge in [-0.25, -0.2) is 0 Å². The minimum Gasteiger partial charge on any atom is -0.311 e. The lowest BCUT2D eigenvalue weighted by atomic mass is 9.82. The van der Waals surface area contributed by atoms with Crippen molar-refractivity contribution in [3.05, 3.63) is 46.3 Å². The first kappa shape index (κ1) is 11.9. The van der Waals surface area contributed by atoms with E-state index in [2.05, 4.69) is 56.4 Å². The Labute approximate surface area is 113 Å². The molecule has 3 rings (SSSR count). The second kappa shape index (κ2) is 4.22. The Morgan fingerprint density at radius 3 is 2.56 bits per heavy atom. The normalized spacial score (nSPS) is 17.5. The molecule has 1 nitrogen and oxygen atoms in total. The maximum Gasteiger partial charge on any atom is 0.0349 e. The summed E-state index contributed by atoms with van der Waals surface area (Å²) in [5.74, 6) is 0. The van der Waals surface area contributed by atoms with Crippen molar-refractivity contribution in [2.45, 2.75) is 32.7 Å². The third-order valence-corrected chi connectivity index (χ3v) is 4.91. The van der Waals surface area contributed by atoms with Crippen molar-refractivity contribution in [2.24, 2.45) is 0 Å². The Morgan fingerprint density at radius 1 is 1.17 bits per heavy atom. The Bertz CT molecular complexity index is 563. The minimum atomic E-state index is 0.257. The van der Waals surface area contributed by atoms with Gasteiger partial charge in [0.2, 0.25) is 0 Å². The fraction of sp³-hybridized carbons (Fsp3) is 0.375. The molecule has 0 amide bonds. The van der Waals surface area contributed by atoms with E-state index in [4.69, 9.17) is 0 Å². The van der Waals surface area contributed by atoms with Crippen molar-refractivity contribution in [2.75, 3.05) is 6.54 Å². The first-order valence-corrected chi connectivity index (χ1v) is 7.29. The third-order valence-electron chi connectivity index (χ3n) is 3.73. The first-order valence-electron chi connectivity index (χ1n) is 6.47. The van der Waals surface area contributed by atoms with Crippen molar-refractivity contribution in [1.29, 1.82) is 0 Å². The zero-order valence-electron chi connectivity index (χ0n) is 11.2. The fourth-order valence-corrected chi connectivity index (χ4v) is 3.89. The molecule has 1 aliphatic heterocycles. The lowest BCUT2D eigenvalue weighted by Crippen LogP contribution is -2.37. The molecule has 0 spiro atoms. The Morgan fingerprint density at radius 2 is 1.89 bits per heavy atom. The first-order chi connectivity index (χ1) is 8.56. The van der Waals surface area contributed by atoms with Gasteiger partial charge in [-0.2, -0.15) is 0 Å². The number of aryl methyl sites for hydroxylation is 1. The average molecular weight is 257 g/mol. The number of fused-ring (bicyclic) bond motifs is 1. The summed E-state index contributed by atoms with van der Waals surface area (Å²) >= 11 is 1.93. The lowest BCUT2D eigenvalue weighted by molar-refractivity contribution is 0.440. The van der Waals surface area contributed by atoms with Crippen LogP contribution in [-0.2, 0) is 12.0 Å². The molecule has 1 aliphatic rings. The van der Waals surface area contributed by atoms with Crippen LogP contribution in [0.15, 0.2) is 30.3 Å². The number of thiophene rings is 1. The van der Waals surface area contributed by atoms with Gasteiger partial charge in [0.15, 0.2) is 0 Å². The van der Waals surface area contributed by atoms with Gasteiger partial charge in [0.1, 0.15) is 0 Å². The number of nitrogens with one attached hydrogen (secondary N) is 1. The molecule has 0 saturated carbocycles. The molecule has 0 fully saturated rings. The van der Waals surface area contributed by atoms with Gasteiger partial charge in [-0.15, -0.1) is 11.3 Å². The maximum atomic E-state index is 3.52. The van der Waals surface area contributed by atoms with Crippen LogP contribution in [0.5, 0.6) is 0 Å². The Kier molecular flexibility index (Phi) is 2.80. The summed E-state index contributed by atoms with van der Waals surface area (Å²) in [5.41, 5.74) is 4.45. The lowest BCUT2D eigenvalue weighted by Gasteiger charge is -2.30. The summed E-state index contributed by atoms with van der Waals surface area (Å²) in [5, 5.41) is 3.52. The zero-order valence-corrected chi connectivity index (χ0v) is 12.0. The smallest absolute Gasteiger partial charge is 0.0349 e. The summed E-state index contributed by atoms with van der Waals surface area (Å²) in [6, 6.07) is 11.2. The molecule has 1 aromatic carbocycles. The maximum absolute atomic E-state index is 3.52. The monoisotopic (exact) mass is 257 g/mol. The van der Waals surface area contributed by atoms with E-state index in [1.807, 2.05) is 11.3 Å². The van der Waals surface area contributed by atoms with Crippen LogP contribution in [0.4, 0.5) is 0 Å². The minimum absolute atomic E-state index is 0.257. The van der Waals surface area contributed by atoms with Crippen LogP contribution >= 0.6 is 11.3 Å². The van der Waals surface area contributed by atoms with Gasteiger partial charge in [0.05, 0.1) is 0 Å². The van der Waals surface area contributed by atoms with Crippen LogP contribution in [0.25, 0.3) is 10.4 Å². The van der Waals surface area contributed by atoms with E-state index in [0.717, 1.165) is 13.1 Å². The second-order valence-electron chi connectivity index (χ2n) is 5.80. The largest absolute Gasteiger partial charge is 0.311 e. The van der Waals surface area contributed by atoms with Gasteiger partial charge >= 0.3 is 0 Å². The fourth-order valence-electron chi connectivity index (χ4n) is 2.58. The highest BCUT2D eigenvalue weighted by Gasteiger charge is 2.29. The summed E-state index contributed by atoms with van der Waals surface area (Å²) in [4.78, 5) is 2.90. The van der Waals surface area contributed by atoms with E-state index < -0.39 is 0 Å². The van der Waals surface area contributed by atoms with E-state index in [1.54, 1.807) is 0 Å². The summed E-state index contributed by atoms with van der Waals surface area (Å²) in [6.07, 6.45) is 0. The third kappa shape index (κ3) is 2.00. The van der Waals surface area contributed by atoms with Gasteiger partial charge < -0.3 is 5.32 Å². The molecule has 1 aromatic heterocycles. The van der Waals surface area contributed by atoms with Gasteiger partial charge in [-0.05, 0) is 24.1 Å². The number of benzene rings is 1. The molecule has 0 bridgehead atoms. The van der Waals surface area contributed by atoms with Gasteiger partial charge in [-0.1, -0.05) is 43.7 Å². The van der Waals surface area contributed by atoms with Crippen molar-refractivity contribution < 1.29 is 0 Å². The molecule has 0 aliphatic carbocycles. The topological polar surface area (TPSA) is 12.0 Å². The SMILES string of the molecule is Cc1ccc(-c2cc3c(s2)CNCC3(C)C)cc1. The van der Waals surface area contributed by atoms with Crippen LogP contribution in [0.1, 0.15) is 29.9 Å². The Balaban J connectivity index is 2.05. The molecule has 0 unspecified atom stereocenters. The van der Waals surface area contributed by atoms with Crippen molar-refractivity contribution >= 4 is 11.3 Å². The van der Waals surface area contributed by atoms with Crippen LogP contribution in [0, 0.1) is 6.92 Å². The molecule has 0 radical (unpaired) electrons. The molecule has 2 heteroatoms. The van der Waals surface area contributed by atoms with Crippen LogP contribution in [0.3, 0.4) is 0 Å². The number of rotatable bonds is 1. The van der Waals surface area contributed by atoms with E-state index in [9.17, 15) is 0 Å². The van der Waals surface area contributed by atoms with Crippen molar-refractivity contribution in [1.82, 2.24) is 5.32 Å². The van der Waals surface area contributed by atoms with E-state index in [0.29, 0.717) is 0 Å². The van der Waals surface area contributed by atoms with Crippen molar-refractivity contribution in [3.63, 3.8) is 0 Å². The highest BCUT2D eigenvalue weighted by atomic mass is 32.1. The van der Waals surface area contributed by atoms with Crippen LogP contribution in [0.2, 0.25) is 0 Å². The predicted octanol–water partition coefficient (Wildman–Crippen LogP) is 4.10. The van der Waals surface area contributed by atoms with E-state index in [-0.39, 0.29) is 5.41 Å². The summed E-state index contributed by atoms with van der Waals surface area (Å²) < 4.78 is 0. The van der Waals surface area contributed by atoms with Crippen molar-refractivity contribution in [3.8, 4) is 10.4 Å². The molecule has 2 aromatic rings. The molecule has 0 saturated heterocycles. The highest BCUT2D eigenvalue weighted by molar-refractivity contribution is 7.15. The molecule has 94 valence electrons. The van der Waals surface area contributed by atoms with Gasteiger partial charge in [0, 0.05) is 28.3 Å². The molecule has 0 atom stereocenters. The van der Waals surface area contributed by atoms with Crippen LogP contribution < -0.4 is 5.32 Å². The van der Waals surface area contributed by atoms with Gasteiger partial charge in [-0.3, -0.25) is 0 Å². The molecule has 1 N–H and O–H groups in total. The average Bonchev–Trinajstić information content (AvgIpc) is 2.75.